The van der Waals surface area contributed by atoms with E-state index in [1.807, 2.05) is 27.7 Å². The number of rotatable bonds is 6. The van der Waals surface area contributed by atoms with Crippen molar-refractivity contribution in [1.82, 2.24) is 10.6 Å². The Balaban J connectivity index is -0.0000000403. The van der Waals surface area contributed by atoms with Gasteiger partial charge < -0.3 is 56.6 Å². The van der Waals surface area contributed by atoms with Crippen LogP contribution in [0, 0.1) is 35.6 Å². The largest absolute Gasteiger partial charge is 0.358 e. The molecule has 8 nitrogen and oxygen atoms in total. The molecule has 2 radical (unpaired) electrons. The Morgan fingerprint density at radius 3 is 1.60 bits per heavy atom. The van der Waals surface area contributed by atoms with Gasteiger partial charge in [0.2, 0.25) is 0 Å². The molecule has 0 spiro atoms. The van der Waals surface area contributed by atoms with Gasteiger partial charge in [-0.05, 0) is 43.3 Å². The molecule has 2 aliphatic rings. The van der Waals surface area contributed by atoms with Crippen LogP contribution in [0.2, 0.25) is 2.82 Å². The van der Waals surface area contributed by atoms with Crippen LogP contribution in [-0.4, -0.2) is 47.9 Å². The summed E-state index contributed by atoms with van der Waals surface area (Å²) in [4.78, 5) is 41.0. The van der Waals surface area contributed by atoms with Crippen molar-refractivity contribution in [2.24, 2.45) is 17.4 Å². The molecule has 0 heterocycles. The summed E-state index contributed by atoms with van der Waals surface area (Å²) in [5, 5.41) is 6.61. The predicted octanol–water partition coefficient (Wildman–Crippen LogP) is 7.18. The second-order valence-corrected chi connectivity index (χ2v) is 7.93. The van der Waals surface area contributed by atoms with E-state index in [9.17, 15) is 14.4 Å². The van der Waals surface area contributed by atoms with Crippen molar-refractivity contribution in [3.63, 3.8) is 0 Å². The van der Waals surface area contributed by atoms with Crippen LogP contribution >= 0.6 is 31.9 Å². The molecule has 6 N–H and O–H groups in total. The maximum absolute atomic E-state index is 10.7. The van der Waals surface area contributed by atoms with Gasteiger partial charge in [-0.2, -0.15) is 0 Å². The van der Waals surface area contributed by atoms with Crippen LogP contribution in [0.15, 0.2) is 23.3 Å². The summed E-state index contributed by atoms with van der Waals surface area (Å²) in [5.74, 6) is 0.749. The van der Waals surface area contributed by atoms with Gasteiger partial charge in [-0.3, -0.25) is 4.79 Å². The van der Waals surface area contributed by atoms with Crippen molar-refractivity contribution in [2.45, 2.75) is 73.6 Å². The fourth-order valence-corrected chi connectivity index (χ4v) is 2.31. The Kier molecular flexibility index (Phi) is 83.0. The molecule has 40 heavy (non-hydrogen) atoms. The number of aldehydes is 1. The molecule has 0 saturated carbocycles. The van der Waals surface area contributed by atoms with Gasteiger partial charge in [0.1, 0.15) is 6.29 Å². The van der Waals surface area contributed by atoms with Crippen LogP contribution in [0.25, 0.3) is 0 Å². The predicted molar refractivity (Wildman–Crippen MR) is 176 cm³/mol. The fraction of sp³-hybridized carbons (Fsp3) is 0.571. The molecule has 0 aromatic rings. The first kappa shape index (κ1) is 59.8. The number of ketones is 1. The summed E-state index contributed by atoms with van der Waals surface area (Å²) >= 11 is 6.13. The topological polar surface area (TPSA) is 144 Å². The Bertz CT molecular complexity index is 649. The molecule has 0 aromatic heterocycles. The number of urea groups is 2. The maximum Gasteiger partial charge on any atom is 0.312 e. The Hall–Kier alpha value is 0.528. The second-order valence-electron chi connectivity index (χ2n) is 6.49. The Morgan fingerprint density at radius 1 is 0.950 bits per heavy atom. The molecular formula is C28H58Br2N4O4Y2-4. The zero-order valence-electron chi connectivity index (χ0n) is 28.7. The summed E-state index contributed by atoms with van der Waals surface area (Å²) < 4.78 is 13.0. The maximum atomic E-state index is 10.7. The van der Waals surface area contributed by atoms with E-state index >= 15 is 0 Å². The van der Waals surface area contributed by atoms with E-state index < -0.39 is 12.1 Å². The van der Waals surface area contributed by atoms with E-state index in [2.05, 4.69) is 62.4 Å². The number of alkyl halides is 2. The van der Waals surface area contributed by atoms with Crippen molar-refractivity contribution in [3.05, 3.63) is 53.0 Å². The molecular weight excluding hydrogens is 794 g/mol. The van der Waals surface area contributed by atoms with Gasteiger partial charge in [-0.25, -0.2) is 9.59 Å². The number of hydrogen-bond donors (Lipinski definition) is 4. The molecule has 0 bridgehead atoms. The summed E-state index contributed by atoms with van der Waals surface area (Å²) in [6.07, 6.45) is 9.27. The van der Waals surface area contributed by atoms with Crippen molar-refractivity contribution < 1.29 is 87.4 Å². The SMILES string of the molecule is CC.CC.CCCBr.O=CCBr.[2H]NC(=O)NCC1=CC(=O)CC1.[2H]NC(=O)NCC1=CC(C)CC1.[CH3-].[CH3-].[CH3-].[CH3-].[Y].[Y]. The number of halogens is 2. The van der Waals surface area contributed by atoms with Crippen molar-refractivity contribution in [2.75, 3.05) is 23.7 Å². The molecule has 12 heteroatoms. The molecule has 0 aliphatic heterocycles. The van der Waals surface area contributed by atoms with Crippen LogP contribution in [0.4, 0.5) is 9.59 Å². The molecule has 238 valence electrons. The van der Waals surface area contributed by atoms with Crippen LogP contribution in [0.5, 0.6) is 0 Å². The van der Waals surface area contributed by atoms with Gasteiger partial charge in [0.25, 0.3) is 0 Å². The average molecular weight is 854 g/mol. The van der Waals surface area contributed by atoms with E-state index in [4.69, 9.17) is 7.62 Å². The van der Waals surface area contributed by atoms with Gasteiger partial charge in [0, 0.05) is 90.3 Å². The standard InChI is InChI=1S/C8H14N2O.C7H10N2O2.C3H7Br.C2H3BrO.2C2H6.4CH3.2Y/c1-6-2-3-7(4-6)5-10-8(9)11;8-7(11)9-4-5-1-2-6(10)3-5;1-2-3-4;3-1-2-4;2*1-2;;;;;;/h4,6H,2-3,5H2,1H3,(H3,9,10,11);3H,1-2,4H2,(H3,8,9,11);2-3H2,1H3;2H,1H2;2*1-2H3;4*1H3;;/q;;;;;;4*-1;;/i/hD2. The molecule has 4 amide bonds. The Labute approximate surface area is 318 Å². The fourth-order valence-electron chi connectivity index (χ4n) is 2.31. The van der Waals surface area contributed by atoms with E-state index in [1.54, 1.807) is 17.5 Å². The van der Waals surface area contributed by atoms with E-state index in [0.29, 0.717) is 30.8 Å². The molecule has 0 saturated heterocycles. The first-order valence-electron chi connectivity index (χ1n) is 12.7. The molecule has 2 rings (SSSR count). The quantitative estimate of drug-likeness (QED) is 0.0972. The molecule has 1 atom stereocenters. The normalized spacial score (nSPS) is 13.0. The number of nitrogens with one attached hydrogen (secondary N) is 2. The van der Waals surface area contributed by atoms with Crippen molar-refractivity contribution >= 4 is 56.0 Å². The van der Waals surface area contributed by atoms with Crippen LogP contribution in [0.3, 0.4) is 0 Å². The summed E-state index contributed by atoms with van der Waals surface area (Å²) in [5.41, 5.74) is 5.65. The monoisotopic (exact) mass is 852 g/mol. The molecule has 1 unspecified atom stereocenters. The van der Waals surface area contributed by atoms with Gasteiger partial charge in [0.15, 0.2) is 8.61 Å². The summed E-state index contributed by atoms with van der Waals surface area (Å²) in [6, 6.07) is -0.981. The number of hydrogen-bond acceptors (Lipinski definition) is 4. The van der Waals surface area contributed by atoms with Crippen molar-refractivity contribution in [1.29, 1.82) is 0 Å². The van der Waals surface area contributed by atoms with Gasteiger partial charge in [0.05, 0.1) is 5.33 Å². The summed E-state index contributed by atoms with van der Waals surface area (Å²) in [6.45, 7) is 13.2. The van der Waals surface area contributed by atoms with Crippen LogP contribution in [-0.2, 0) is 75.0 Å². The minimum atomic E-state index is -0.546. The van der Waals surface area contributed by atoms with Crippen LogP contribution in [0.1, 0.15) is 73.6 Å². The third-order valence-electron chi connectivity index (χ3n) is 3.70. The molecule has 0 fully saturated rings. The molecule has 2 aliphatic carbocycles. The van der Waals surface area contributed by atoms with E-state index in [0.717, 1.165) is 30.0 Å². The number of carbonyl (C=O) groups excluding carboxylic acids is 4. The number of amides is 4. The first-order chi connectivity index (χ1) is 17.3. The Morgan fingerprint density at radius 2 is 1.35 bits per heavy atom. The van der Waals surface area contributed by atoms with E-state index in [1.165, 1.54) is 18.4 Å². The smallest absolute Gasteiger partial charge is 0.312 e. The second kappa shape index (κ2) is 55.5. The average Bonchev–Trinajstić information content (AvgIpc) is 3.55. The third-order valence-corrected chi connectivity index (χ3v) is 4.76. The number of primary amides is 2. The van der Waals surface area contributed by atoms with Crippen LogP contribution < -0.4 is 22.1 Å². The molecule has 0 aromatic carbocycles. The first-order valence-corrected chi connectivity index (χ1v) is 13.9. The summed E-state index contributed by atoms with van der Waals surface area (Å²) in [7, 11) is 0. The van der Waals surface area contributed by atoms with Gasteiger partial charge in [-0.1, -0.05) is 85.1 Å². The minimum Gasteiger partial charge on any atom is -0.358 e. The minimum absolute atomic E-state index is 0. The zero-order valence-corrected chi connectivity index (χ0v) is 35.6. The van der Waals surface area contributed by atoms with E-state index in [-0.39, 0.29) is 101 Å². The number of carbonyl (C=O) groups is 4. The third kappa shape index (κ3) is 58.2. The van der Waals surface area contributed by atoms with Gasteiger partial charge in [-0.15, -0.1) is 0 Å². The number of allylic oxidation sites excluding steroid dienone is 2. The van der Waals surface area contributed by atoms with Gasteiger partial charge >= 0.3 is 12.1 Å². The zero-order chi connectivity index (χ0) is 28.8. The van der Waals surface area contributed by atoms with Crippen molar-refractivity contribution in [3.8, 4) is 0 Å². The number of nitrogens with two attached hydrogens (primary N) is 2.